The van der Waals surface area contributed by atoms with E-state index in [1.54, 1.807) is 0 Å². The first-order chi connectivity index (χ1) is 9.15. The van der Waals surface area contributed by atoms with Crippen molar-refractivity contribution in [2.75, 3.05) is 26.2 Å². The van der Waals surface area contributed by atoms with Crippen molar-refractivity contribution >= 4 is 0 Å². The summed E-state index contributed by atoms with van der Waals surface area (Å²) in [5.41, 5.74) is 0. The molecule has 2 fully saturated rings. The summed E-state index contributed by atoms with van der Waals surface area (Å²) in [6.07, 6.45) is 8.39. The quantitative estimate of drug-likeness (QED) is 0.766. The van der Waals surface area contributed by atoms with Crippen LogP contribution in [0.1, 0.15) is 59.3 Å². The predicted molar refractivity (Wildman–Crippen MR) is 83.4 cm³/mol. The number of hydrogen-bond acceptors (Lipinski definition) is 2. The van der Waals surface area contributed by atoms with Crippen LogP contribution in [0.15, 0.2) is 0 Å². The molecule has 2 aliphatic rings. The number of rotatable bonds is 5. The molecule has 2 rings (SSSR count). The Bertz CT molecular complexity index is 246. The van der Waals surface area contributed by atoms with Crippen molar-refractivity contribution in [2.45, 2.75) is 65.3 Å². The average Bonchev–Trinajstić information content (AvgIpc) is 2.40. The van der Waals surface area contributed by atoms with Gasteiger partial charge in [0.25, 0.3) is 0 Å². The van der Waals surface area contributed by atoms with E-state index in [9.17, 15) is 0 Å². The number of hydrogen-bond donors (Lipinski definition) is 1. The topological polar surface area (TPSA) is 15.3 Å². The van der Waals surface area contributed by atoms with Crippen molar-refractivity contribution in [3.63, 3.8) is 0 Å². The summed E-state index contributed by atoms with van der Waals surface area (Å²) in [5, 5.41) is 3.82. The van der Waals surface area contributed by atoms with Crippen molar-refractivity contribution in [3.8, 4) is 0 Å². The van der Waals surface area contributed by atoms with Crippen molar-refractivity contribution in [1.29, 1.82) is 0 Å². The van der Waals surface area contributed by atoms with Gasteiger partial charge in [0.1, 0.15) is 0 Å². The highest BCUT2D eigenvalue weighted by atomic mass is 15.1. The highest BCUT2D eigenvalue weighted by molar-refractivity contribution is 4.81. The minimum atomic E-state index is 0.783. The van der Waals surface area contributed by atoms with Gasteiger partial charge in [-0.25, -0.2) is 0 Å². The molecule has 1 saturated heterocycles. The van der Waals surface area contributed by atoms with E-state index >= 15 is 0 Å². The molecule has 1 aliphatic carbocycles. The number of piperidine rings is 1. The van der Waals surface area contributed by atoms with Gasteiger partial charge in [-0.05, 0) is 76.0 Å². The first-order valence-corrected chi connectivity index (χ1v) is 8.61. The summed E-state index contributed by atoms with van der Waals surface area (Å²) >= 11 is 0. The van der Waals surface area contributed by atoms with Gasteiger partial charge >= 0.3 is 0 Å². The zero-order valence-corrected chi connectivity index (χ0v) is 13.3. The molecule has 1 saturated carbocycles. The maximum Gasteiger partial charge on any atom is 0.00952 e. The molecule has 1 heterocycles. The van der Waals surface area contributed by atoms with Crippen molar-refractivity contribution in [2.24, 2.45) is 17.8 Å². The Morgan fingerprint density at radius 3 is 2.42 bits per heavy atom. The highest BCUT2D eigenvalue weighted by Gasteiger charge is 2.24. The van der Waals surface area contributed by atoms with Crippen LogP contribution in [0, 0.1) is 17.8 Å². The summed E-state index contributed by atoms with van der Waals surface area (Å²) < 4.78 is 0. The van der Waals surface area contributed by atoms with Crippen molar-refractivity contribution < 1.29 is 0 Å². The fraction of sp³-hybridized carbons (Fsp3) is 1.00. The molecule has 0 spiro atoms. The zero-order valence-electron chi connectivity index (χ0n) is 13.3. The average molecular weight is 266 g/mol. The lowest BCUT2D eigenvalue weighted by molar-refractivity contribution is 0.184. The molecule has 2 nitrogen and oxygen atoms in total. The second kappa shape index (κ2) is 7.64. The van der Waals surface area contributed by atoms with Crippen LogP contribution in [0.3, 0.4) is 0 Å². The van der Waals surface area contributed by atoms with E-state index < -0.39 is 0 Å². The summed E-state index contributed by atoms with van der Waals surface area (Å²) in [6, 6.07) is 0.783. The van der Waals surface area contributed by atoms with Gasteiger partial charge in [-0.3, -0.25) is 0 Å². The van der Waals surface area contributed by atoms with E-state index in [0.717, 1.165) is 23.8 Å². The van der Waals surface area contributed by atoms with Crippen LogP contribution >= 0.6 is 0 Å². The number of nitrogens with zero attached hydrogens (tertiary/aromatic N) is 1. The summed E-state index contributed by atoms with van der Waals surface area (Å²) in [6.45, 7) is 12.4. The van der Waals surface area contributed by atoms with Crippen LogP contribution in [-0.2, 0) is 0 Å². The minimum Gasteiger partial charge on any atom is -0.314 e. The van der Waals surface area contributed by atoms with Crippen LogP contribution in [0.25, 0.3) is 0 Å². The fourth-order valence-electron chi connectivity index (χ4n) is 3.69. The van der Waals surface area contributed by atoms with Gasteiger partial charge in [0.2, 0.25) is 0 Å². The van der Waals surface area contributed by atoms with Gasteiger partial charge in [0.05, 0.1) is 0 Å². The van der Waals surface area contributed by atoms with Crippen LogP contribution in [0.4, 0.5) is 0 Å². The van der Waals surface area contributed by atoms with E-state index in [1.807, 2.05) is 0 Å². The molecule has 19 heavy (non-hydrogen) atoms. The molecule has 3 unspecified atom stereocenters. The lowest BCUT2D eigenvalue weighted by Gasteiger charge is -2.34. The Balaban J connectivity index is 1.56. The molecule has 0 radical (unpaired) electrons. The van der Waals surface area contributed by atoms with Crippen LogP contribution < -0.4 is 5.32 Å². The van der Waals surface area contributed by atoms with Gasteiger partial charge < -0.3 is 10.2 Å². The van der Waals surface area contributed by atoms with Gasteiger partial charge in [-0.15, -0.1) is 0 Å². The van der Waals surface area contributed by atoms with Crippen LogP contribution in [0.5, 0.6) is 0 Å². The Morgan fingerprint density at radius 2 is 1.68 bits per heavy atom. The minimum absolute atomic E-state index is 0.783. The maximum atomic E-state index is 3.82. The van der Waals surface area contributed by atoms with E-state index in [2.05, 4.69) is 31.0 Å². The largest absolute Gasteiger partial charge is 0.314 e. The molecule has 3 atom stereocenters. The molecule has 0 aromatic heterocycles. The van der Waals surface area contributed by atoms with Crippen LogP contribution in [0.2, 0.25) is 0 Å². The van der Waals surface area contributed by atoms with Gasteiger partial charge in [0, 0.05) is 6.04 Å². The third-order valence-electron chi connectivity index (χ3n) is 5.39. The molecule has 112 valence electrons. The summed E-state index contributed by atoms with van der Waals surface area (Å²) in [5.74, 6) is 2.77. The number of nitrogens with one attached hydrogen (secondary N) is 1. The monoisotopic (exact) mass is 266 g/mol. The number of likely N-dealkylation sites (tertiary alicyclic amines) is 1. The van der Waals surface area contributed by atoms with E-state index in [-0.39, 0.29) is 0 Å². The van der Waals surface area contributed by atoms with Crippen molar-refractivity contribution in [3.05, 3.63) is 0 Å². The SMILES string of the molecule is CC1CCN(CCCNC2CC(C)CCC2C)CC1. The third-order valence-corrected chi connectivity index (χ3v) is 5.39. The molecule has 0 aromatic rings. The first kappa shape index (κ1) is 15.3. The molecular formula is C17H34N2. The molecule has 0 bridgehead atoms. The smallest absolute Gasteiger partial charge is 0.00952 e. The van der Waals surface area contributed by atoms with Crippen molar-refractivity contribution in [1.82, 2.24) is 10.2 Å². The summed E-state index contributed by atoms with van der Waals surface area (Å²) in [4.78, 5) is 2.66. The van der Waals surface area contributed by atoms with E-state index in [1.165, 1.54) is 64.7 Å². The Kier molecular flexibility index (Phi) is 6.15. The molecular weight excluding hydrogens is 232 g/mol. The Hall–Kier alpha value is -0.0800. The van der Waals surface area contributed by atoms with E-state index in [4.69, 9.17) is 0 Å². The molecule has 1 aliphatic heterocycles. The molecule has 1 N–H and O–H groups in total. The van der Waals surface area contributed by atoms with Gasteiger partial charge in [-0.2, -0.15) is 0 Å². The normalized spacial score (nSPS) is 34.6. The van der Waals surface area contributed by atoms with Crippen LogP contribution in [-0.4, -0.2) is 37.1 Å². The lowest BCUT2D eigenvalue weighted by Crippen LogP contribution is -2.41. The Morgan fingerprint density at radius 1 is 0.947 bits per heavy atom. The summed E-state index contributed by atoms with van der Waals surface area (Å²) in [7, 11) is 0. The first-order valence-electron chi connectivity index (χ1n) is 8.61. The zero-order chi connectivity index (χ0) is 13.7. The Labute approximate surface area is 120 Å². The highest BCUT2D eigenvalue weighted by Crippen LogP contribution is 2.28. The molecule has 2 heteroatoms. The van der Waals surface area contributed by atoms with Gasteiger partial charge in [-0.1, -0.05) is 27.2 Å². The second-order valence-corrected chi connectivity index (χ2v) is 7.33. The third kappa shape index (κ3) is 5.07. The molecule has 0 amide bonds. The maximum absolute atomic E-state index is 3.82. The van der Waals surface area contributed by atoms with Gasteiger partial charge in [0.15, 0.2) is 0 Å². The standard InChI is InChI=1S/C17H34N2/c1-14-7-11-19(12-8-14)10-4-9-18-17-13-15(2)5-6-16(17)3/h14-18H,4-13H2,1-3H3. The molecule has 0 aromatic carbocycles. The fourth-order valence-corrected chi connectivity index (χ4v) is 3.69. The predicted octanol–water partition coefficient (Wildman–Crippen LogP) is 3.52. The lowest BCUT2D eigenvalue weighted by atomic mass is 9.80. The van der Waals surface area contributed by atoms with E-state index in [0.29, 0.717) is 0 Å². The second-order valence-electron chi connectivity index (χ2n) is 7.33.